The Balaban J connectivity index is 1.49. The minimum absolute atomic E-state index is 0.0323. The number of rotatable bonds is 8. The van der Waals surface area contributed by atoms with Gasteiger partial charge in [0.25, 0.3) is 0 Å². The van der Waals surface area contributed by atoms with Gasteiger partial charge in [-0.2, -0.15) is 4.31 Å². The number of ether oxygens (including phenoxy) is 1. The molecule has 174 valence electrons. The molecule has 8 nitrogen and oxygen atoms in total. The van der Waals surface area contributed by atoms with Crippen LogP contribution in [0.4, 0.5) is 0 Å². The number of sulfonamides is 1. The number of hydrogen-bond acceptors (Lipinski definition) is 7. The van der Waals surface area contributed by atoms with E-state index in [0.717, 1.165) is 11.1 Å². The molecule has 0 amide bonds. The largest absolute Gasteiger partial charge is 0.379 e. The molecule has 4 rings (SSSR count). The molecule has 0 unspecified atom stereocenters. The third-order valence-corrected chi connectivity index (χ3v) is 8.34. The number of benzene rings is 2. The van der Waals surface area contributed by atoms with Crippen LogP contribution in [-0.2, 0) is 21.3 Å². The number of ketones is 1. The molecule has 1 aliphatic rings. The molecule has 3 aromatic rings. The first-order chi connectivity index (χ1) is 15.9. The molecule has 1 aromatic heterocycles. The van der Waals surface area contributed by atoms with Crippen LogP contribution >= 0.6 is 11.8 Å². The fraction of sp³-hybridized carbons (Fsp3) is 0.348. The molecular weight excluding hydrogens is 460 g/mol. The van der Waals surface area contributed by atoms with Crippen molar-refractivity contribution in [1.29, 1.82) is 0 Å². The Morgan fingerprint density at radius 2 is 1.70 bits per heavy atom. The molecule has 1 aliphatic heterocycles. The van der Waals surface area contributed by atoms with Crippen LogP contribution in [0.25, 0.3) is 11.4 Å². The molecule has 1 fully saturated rings. The van der Waals surface area contributed by atoms with Crippen molar-refractivity contribution in [3.05, 3.63) is 59.7 Å². The lowest BCUT2D eigenvalue weighted by atomic mass is 10.1. The van der Waals surface area contributed by atoms with E-state index in [9.17, 15) is 13.2 Å². The second-order valence-corrected chi connectivity index (χ2v) is 10.5. The lowest BCUT2D eigenvalue weighted by Crippen LogP contribution is -2.40. The predicted octanol–water partition coefficient (Wildman–Crippen LogP) is 3.27. The molecule has 10 heteroatoms. The summed E-state index contributed by atoms with van der Waals surface area (Å²) in [6.07, 6.45) is 0. The number of thioether (sulfide) groups is 1. The van der Waals surface area contributed by atoms with Crippen molar-refractivity contribution >= 4 is 27.6 Å². The van der Waals surface area contributed by atoms with E-state index in [1.54, 1.807) is 24.3 Å². The summed E-state index contributed by atoms with van der Waals surface area (Å²) in [5.74, 6) is 0.931. The summed E-state index contributed by atoms with van der Waals surface area (Å²) >= 11 is 1.35. The number of aromatic nitrogens is 3. The number of aryl methyl sites for hydroxylation is 1. The van der Waals surface area contributed by atoms with Gasteiger partial charge in [-0.25, -0.2) is 8.42 Å². The monoisotopic (exact) mass is 486 g/mol. The first-order valence-electron chi connectivity index (χ1n) is 10.7. The van der Waals surface area contributed by atoms with Gasteiger partial charge in [-0.1, -0.05) is 41.6 Å². The minimum Gasteiger partial charge on any atom is -0.379 e. The van der Waals surface area contributed by atoms with Crippen LogP contribution in [0.5, 0.6) is 0 Å². The average Bonchev–Trinajstić information content (AvgIpc) is 3.26. The SMILES string of the molecule is CCn1c(SCC(=O)c2ccc(C)cc2)nnc1-c1ccc(S(=O)(=O)N2CCOCC2)cc1. The summed E-state index contributed by atoms with van der Waals surface area (Å²) in [5.41, 5.74) is 2.55. The van der Waals surface area contributed by atoms with E-state index in [1.165, 1.54) is 16.1 Å². The predicted molar refractivity (Wildman–Crippen MR) is 127 cm³/mol. The Hall–Kier alpha value is -2.53. The topological polar surface area (TPSA) is 94.4 Å². The second kappa shape index (κ2) is 10.2. The number of morpholine rings is 1. The summed E-state index contributed by atoms with van der Waals surface area (Å²) < 4.78 is 34.3. The Morgan fingerprint density at radius 1 is 1.03 bits per heavy atom. The van der Waals surface area contributed by atoms with E-state index in [0.29, 0.717) is 49.4 Å². The van der Waals surface area contributed by atoms with Crippen LogP contribution in [0.1, 0.15) is 22.8 Å². The fourth-order valence-electron chi connectivity index (χ4n) is 3.56. The zero-order chi connectivity index (χ0) is 23.4. The minimum atomic E-state index is -3.55. The summed E-state index contributed by atoms with van der Waals surface area (Å²) in [4.78, 5) is 12.8. The molecule has 0 N–H and O–H groups in total. The molecule has 33 heavy (non-hydrogen) atoms. The Bertz CT molecular complexity index is 1220. The van der Waals surface area contributed by atoms with Crippen LogP contribution in [-0.4, -0.2) is 65.3 Å². The Labute approximate surface area is 198 Å². The summed E-state index contributed by atoms with van der Waals surface area (Å²) in [5, 5.41) is 9.23. The summed E-state index contributed by atoms with van der Waals surface area (Å²) in [7, 11) is -3.55. The van der Waals surface area contributed by atoms with Crippen molar-refractivity contribution in [2.24, 2.45) is 0 Å². The first kappa shape index (κ1) is 23.6. The zero-order valence-electron chi connectivity index (χ0n) is 18.6. The molecule has 0 radical (unpaired) electrons. The van der Waals surface area contributed by atoms with Crippen molar-refractivity contribution in [2.75, 3.05) is 32.1 Å². The highest BCUT2D eigenvalue weighted by molar-refractivity contribution is 7.99. The van der Waals surface area contributed by atoms with Crippen molar-refractivity contribution < 1.29 is 17.9 Å². The highest BCUT2D eigenvalue weighted by atomic mass is 32.2. The van der Waals surface area contributed by atoms with Crippen LogP contribution in [0.2, 0.25) is 0 Å². The molecule has 0 spiro atoms. The second-order valence-electron chi connectivity index (χ2n) is 7.67. The van der Waals surface area contributed by atoms with Gasteiger partial charge in [0.15, 0.2) is 16.8 Å². The van der Waals surface area contributed by atoms with E-state index < -0.39 is 10.0 Å². The smallest absolute Gasteiger partial charge is 0.243 e. The van der Waals surface area contributed by atoms with Gasteiger partial charge in [-0.3, -0.25) is 4.79 Å². The average molecular weight is 487 g/mol. The van der Waals surface area contributed by atoms with Gasteiger partial charge in [-0.05, 0) is 38.1 Å². The highest BCUT2D eigenvalue weighted by Crippen LogP contribution is 2.26. The molecule has 0 aliphatic carbocycles. The normalized spacial score (nSPS) is 15.0. The standard InChI is InChI=1S/C23H26N4O4S2/c1-3-27-22(24-25-23(27)32-16-21(28)18-6-4-17(2)5-7-18)19-8-10-20(11-9-19)33(29,30)26-12-14-31-15-13-26/h4-11H,3,12-16H2,1-2H3. The Morgan fingerprint density at radius 3 is 2.33 bits per heavy atom. The van der Waals surface area contributed by atoms with Crippen molar-refractivity contribution in [3.8, 4) is 11.4 Å². The molecule has 0 atom stereocenters. The van der Waals surface area contributed by atoms with E-state index in [2.05, 4.69) is 10.2 Å². The maximum absolute atomic E-state index is 12.8. The summed E-state index contributed by atoms with van der Waals surface area (Å²) in [6, 6.07) is 14.2. The van der Waals surface area contributed by atoms with Crippen molar-refractivity contribution in [3.63, 3.8) is 0 Å². The van der Waals surface area contributed by atoms with Crippen molar-refractivity contribution in [2.45, 2.75) is 30.4 Å². The molecule has 1 saturated heterocycles. The van der Waals surface area contributed by atoms with E-state index in [1.807, 2.05) is 42.7 Å². The van der Waals surface area contributed by atoms with Gasteiger partial charge >= 0.3 is 0 Å². The van der Waals surface area contributed by atoms with E-state index >= 15 is 0 Å². The van der Waals surface area contributed by atoms with E-state index in [4.69, 9.17) is 4.74 Å². The maximum Gasteiger partial charge on any atom is 0.243 e. The molecule has 2 aromatic carbocycles. The number of hydrogen-bond donors (Lipinski definition) is 0. The van der Waals surface area contributed by atoms with Gasteiger partial charge in [0.1, 0.15) is 0 Å². The molecular formula is C23H26N4O4S2. The Kier molecular flexibility index (Phi) is 7.28. The van der Waals surface area contributed by atoms with Gasteiger partial charge < -0.3 is 9.30 Å². The number of nitrogens with zero attached hydrogens (tertiary/aromatic N) is 4. The van der Waals surface area contributed by atoms with Gasteiger partial charge in [0.05, 0.1) is 23.9 Å². The summed E-state index contributed by atoms with van der Waals surface area (Å²) in [6.45, 7) is 6.12. The molecule has 0 saturated carbocycles. The fourth-order valence-corrected chi connectivity index (χ4v) is 5.86. The van der Waals surface area contributed by atoms with Crippen LogP contribution in [0.3, 0.4) is 0 Å². The van der Waals surface area contributed by atoms with Crippen LogP contribution < -0.4 is 0 Å². The number of Topliss-reactive ketones (excluding diaryl/α,β-unsaturated/α-hetero) is 1. The lowest BCUT2D eigenvalue weighted by Gasteiger charge is -2.26. The van der Waals surface area contributed by atoms with Gasteiger partial charge in [-0.15, -0.1) is 10.2 Å². The van der Waals surface area contributed by atoms with Crippen LogP contribution in [0, 0.1) is 6.92 Å². The maximum atomic E-state index is 12.8. The molecule has 2 heterocycles. The number of carbonyl (C=O) groups excluding carboxylic acids is 1. The van der Waals surface area contributed by atoms with Crippen molar-refractivity contribution in [1.82, 2.24) is 19.1 Å². The van der Waals surface area contributed by atoms with Gasteiger partial charge in [0, 0.05) is 30.8 Å². The van der Waals surface area contributed by atoms with Crippen LogP contribution in [0.15, 0.2) is 58.6 Å². The molecule has 0 bridgehead atoms. The quantitative estimate of drug-likeness (QED) is 0.356. The third-order valence-electron chi connectivity index (χ3n) is 5.46. The zero-order valence-corrected chi connectivity index (χ0v) is 20.2. The lowest BCUT2D eigenvalue weighted by molar-refractivity contribution is 0.0730. The van der Waals surface area contributed by atoms with E-state index in [-0.39, 0.29) is 16.4 Å². The highest BCUT2D eigenvalue weighted by Gasteiger charge is 2.26. The third kappa shape index (κ3) is 5.19. The first-order valence-corrected chi connectivity index (χ1v) is 13.2. The number of carbonyl (C=O) groups is 1. The van der Waals surface area contributed by atoms with Gasteiger partial charge in [0.2, 0.25) is 10.0 Å².